The maximum absolute atomic E-state index is 5.32. The lowest BCUT2D eigenvalue weighted by molar-refractivity contribution is 0.0283. The molecular formula is C10H22Cl2N2O2. The molecule has 2 N–H and O–H groups in total. The topological polar surface area (TPSA) is 42.5 Å². The molecule has 0 aromatic rings. The van der Waals surface area contributed by atoms with Crippen LogP contribution in [0.25, 0.3) is 0 Å². The summed E-state index contributed by atoms with van der Waals surface area (Å²) in [6.45, 7) is 4.79. The Bertz CT molecular complexity index is 196. The van der Waals surface area contributed by atoms with Crippen LogP contribution >= 0.6 is 24.8 Å². The highest BCUT2D eigenvalue weighted by Gasteiger charge is 2.50. The van der Waals surface area contributed by atoms with Gasteiger partial charge in [0.05, 0.1) is 18.8 Å². The summed E-state index contributed by atoms with van der Waals surface area (Å²) < 4.78 is 10.6. The number of nitrogens with one attached hydrogen (secondary N) is 2. The van der Waals surface area contributed by atoms with Crippen LogP contribution in [0.2, 0.25) is 0 Å². The van der Waals surface area contributed by atoms with Crippen molar-refractivity contribution in [3.8, 4) is 0 Å². The van der Waals surface area contributed by atoms with Gasteiger partial charge in [0.15, 0.2) is 0 Å². The minimum absolute atomic E-state index is 0. The van der Waals surface area contributed by atoms with E-state index < -0.39 is 0 Å². The van der Waals surface area contributed by atoms with Crippen LogP contribution < -0.4 is 10.6 Å². The molecule has 2 unspecified atom stereocenters. The molecule has 2 heterocycles. The van der Waals surface area contributed by atoms with Gasteiger partial charge in [0.1, 0.15) is 0 Å². The molecule has 0 aliphatic carbocycles. The lowest BCUT2D eigenvalue weighted by atomic mass is 9.83. The number of hydrogen-bond acceptors (Lipinski definition) is 4. The van der Waals surface area contributed by atoms with E-state index in [1.54, 1.807) is 14.2 Å². The van der Waals surface area contributed by atoms with Gasteiger partial charge in [0, 0.05) is 27.3 Å². The number of fused-ring (bicyclic) bond motifs is 1. The monoisotopic (exact) mass is 272 g/mol. The smallest absolute Gasteiger partial charge is 0.0697 e. The zero-order valence-corrected chi connectivity index (χ0v) is 11.5. The molecule has 2 fully saturated rings. The van der Waals surface area contributed by atoms with Gasteiger partial charge in [-0.2, -0.15) is 0 Å². The number of methoxy groups -OCH3 is 2. The predicted molar refractivity (Wildman–Crippen MR) is 68.8 cm³/mol. The minimum Gasteiger partial charge on any atom is -0.383 e. The Morgan fingerprint density at radius 3 is 2.25 bits per heavy atom. The predicted octanol–water partition coefficient (Wildman–Crippen LogP) is 0.300. The Kier molecular flexibility index (Phi) is 7.17. The van der Waals surface area contributed by atoms with E-state index in [9.17, 15) is 0 Å². The van der Waals surface area contributed by atoms with Crippen molar-refractivity contribution in [1.29, 1.82) is 0 Å². The Labute approximate surface area is 110 Å². The van der Waals surface area contributed by atoms with Gasteiger partial charge in [-0.1, -0.05) is 0 Å². The van der Waals surface area contributed by atoms with Crippen LogP contribution in [0.5, 0.6) is 0 Å². The highest BCUT2D eigenvalue weighted by Crippen LogP contribution is 2.34. The van der Waals surface area contributed by atoms with E-state index in [2.05, 4.69) is 10.6 Å². The maximum atomic E-state index is 5.32. The van der Waals surface area contributed by atoms with Crippen LogP contribution in [0.3, 0.4) is 0 Å². The number of hydrogen-bond donors (Lipinski definition) is 2. The van der Waals surface area contributed by atoms with Crippen LogP contribution in [0, 0.1) is 11.8 Å². The van der Waals surface area contributed by atoms with Crippen molar-refractivity contribution < 1.29 is 9.47 Å². The minimum atomic E-state index is 0. The van der Waals surface area contributed by atoms with Gasteiger partial charge in [-0.05, 0) is 18.4 Å². The zero-order valence-electron chi connectivity index (χ0n) is 9.82. The first-order chi connectivity index (χ1) is 6.82. The summed E-state index contributed by atoms with van der Waals surface area (Å²) in [4.78, 5) is 0. The third kappa shape index (κ3) is 2.81. The summed E-state index contributed by atoms with van der Waals surface area (Å²) in [6.07, 6.45) is 0. The van der Waals surface area contributed by atoms with Gasteiger partial charge in [0.25, 0.3) is 0 Å². The molecule has 0 saturated carbocycles. The lowest BCUT2D eigenvalue weighted by Gasteiger charge is -2.33. The first-order valence-corrected chi connectivity index (χ1v) is 5.26. The van der Waals surface area contributed by atoms with Crippen molar-refractivity contribution in [3.63, 3.8) is 0 Å². The van der Waals surface area contributed by atoms with Gasteiger partial charge in [-0.3, -0.25) is 0 Å². The second-order valence-electron chi connectivity index (χ2n) is 4.43. The average Bonchev–Trinajstić information content (AvgIpc) is 2.72. The van der Waals surface area contributed by atoms with Gasteiger partial charge in [0.2, 0.25) is 0 Å². The molecule has 0 radical (unpaired) electrons. The van der Waals surface area contributed by atoms with E-state index in [1.165, 1.54) is 0 Å². The molecule has 2 atom stereocenters. The molecule has 4 nitrogen and oxygen atoms in total. The highest BCUT2D eigenvalue weighted by molar-refractivity contribution is 5.85. The summed E-state index contributed by atoms with van der Waals surface area (Å²) >= 11 is 0. The van der Waals surface area contributed by atoms with Gasteiger partial charge < -0.3 is 20.1 Å². The zero-order chi connectivity index (χ0) is 10.0. The normalized spacial score (nSPS) is 30.4. The van der Waals surface area contributed by atoms with Gasteiger partial charge in [-0.25, -0.2) is 0 Å². The van der Waals surface area contributed by atoms with Gasteiger partial charge >= 0.3 is 0 Å². The number of ether oxygens (including phenoxy) is 2. The molecule has 6 heteroatoms. The standard InChI is InChI=1S/C10H20N2O2.2ClH/c1-13-6-10(7-14-2)9-5-11-3-8(9)4-12-10;;/h8-9,11-12H,3-7H2,1-2H3;2*1H. The molecule has 0 aromatic heterocycles. The fourth-order valence-electron chi connectivity index (χ4n) is 2.93. The second-order valence-corrected chi connectivity index (χ2v) is 4.43. The Hall–Kier alpha value is 0.420. The van der Waals surface area contributed by atoms with Crippen molar-refractivity contribution in [2.75, 3.05) is 47.1 Å². The molecule has 2 rings (SSSR count). The molecule has 2 saturated heterocycles. The first-order valence-electron chi connectivity index (χ1n) is 5.26. The van der Waals surface area contributed by atoms with Gasteiger partial charge in [-0.15, -0.1) is 24.8 Å². The molecular weight excluding hydrogens is 251 g/mol. The van der Waals surface area contributed by atoms with Crippen LogP contribution in [-0.2, 0) is 9.47 Å². The first kappa shape index (κ1) is 16.4. The largest absolute Gasteiger partial charge is 0.383 e. The van der Waals surface area contributed by atoms with Crippen LogP contribution in [0.4, 0.5) is 0 Å². The second kappa shape index (κ2) is 6.99. The molecule has 16 heavy (non-hydrogen) atoms. The van der Waals surface area contributed by atoms with Crippen LogP contribution in [-0.4, -0.2) is 52.6 Å². The molecule has 2 aliphatic heterocycles. The Balaban J connectivity index is 0.00000112. The SMILES string of the molecule is COCC1(COC)NCC2CNCC21.Cl.Cl. The van der Waals surface area contributed by atoms with Crippen molar-refractivity contribution >= 4 is 24.8 Å². The number of halogens is 2. The summed E-state index contributed by atoms with van der Waals surface area (Å²) in [6, 6.07) is 0. The molecule has 98 valence electrons. The van der Waals surface area contributed by atoms with E-state index in [1.807, 2.05) is 0 Å². The van der Waals surface area contributed by atoms with E-state index in [-0.39, 0.29) is 30.4 Å². The van der Waals surface area contributed by atoms with E-state index in [0.29, 0.717) is 5.92 Å². The third-order valence-corrected chi connectivity index (χ3v) is 3.57. The van der Waals surface area contributed by atoms with Crippen molar-refractivity contribution in [2.45, 2.75) is 5.54 Å². The lowest BCUT2D eigenvalue weighted by Crippen LogP contribution is -2.54. The van der Waals surface area contributed by atoms with Crippen LogP contribution in [0.1, 0.15) is 0 Å². The highest BCUT2D eigenvalue weighted by atomic mass is 35.5. The molecule has 0 spiro atoms. The summed E-state index contributed by atoms with van der Waals surface area (Å²) in [7, 11) is 3.52. The Morgan fingerprint density at radius 1 is 1.06 bits per heavy atom. The number of rotatable bonds is 4. The summed E-state index contributed by atoms with van der Waals surface area (Å²) in [5.41, 5.74) is 0.0394. The van der Waals surface area contributed by atoms with Crippen molar-refractivity contribution in [1.82, 2.24) is 10.6 Å². The van der Waals surface area contributed by atoms with Crippen LogP contribution in [0.15, 0.2) is 0 Å². The van der Waals surface area contributed by atoms with E-state index in [0.717, 1.165) is 38.8 Å². The third-order valence-electron chi connectivity index (χ3n) is 3.57. The van der Waals surface area contributed by atoms with E-state index in [4.69, 9.17) is 9.47 Å². The quantitative estimate of drug-likeness (QED) is 0.773. The molecule has 0 amide bonds. The average molecular weight is 273 g/mol. The van der Waals surface area contributed by atoms with E-state index >= 15 is 0 Å². The summed E-state index contributed by atoms with van der Waals surface area (Å²) in [5, 5.41) is 7.03. The maximum Gasteiger partial charge on any atom is 0.0697 e. The Morgan fingerprint density at radius 2 is 1.69 bits per heavy atom. The van der Waals surface area contributed by atoms with Crippen molar-refractivity contribution in [2.24, 2.45) is 11.8 Å². The fourth-order valence-corrected chi connectivity index (χ4v) is 2.93. The van der Waals surface area contributed by atoms with Crippen molar-refractivity contribution in [3.05, 3.63) is 0 Å². The molecule has 0 aromatic carbocycles. The molecule has 0 bridgehead atoms. The summed E-state index contributed by atoms with van der Waals surface area (Å²) in [5.74, 6) is 1.41. The molecule has 2 aliphatic rings. The fraction of sp³-hybridized carbons (Fsp3) is 1.00.